The Bertz CT molecular complexity index is 435. The predicted molar refractivity (Wildman–Crippen MR) is 64.6 cm³/mol. The minimum absolute atomic E-state index is 0.0454. The predicted octanol–water partition coefficient (Wildman–Crippen LogP) is 2.77. The average molecular weight is 260 g/mol. The smallest absolute Gasteiger partial charge is 0.323 e. The summed E-state index contributed by atoms with van der Waals surface area (Å²) in [5, 5.41) is 9.11. The number of nitrogens with zero attached hydrogens (tertiary/aromatic N) is 1. The number of carbonyl (C=O) groups is 1. The summed E-state index contributed by atoms with van der Waals surface area (Å²) in [4.78, 5) is 12.7. The van der Waals surface area contributed by atoms with Gasteiger partial charge in [-0.3, -0.25) is 9.69 Å². The molecule has 3 nitrogen and oxygen atoms in total. The number of benzene rings is 1. The van der Waals surface area contributed by atoms with Crippen molar-refractivity contribution in [2.24, 2.45) is 0 Å². The Morgan fingerprint density at radius 1 is 1.53 bits per heavy atom. The third kappa shape index (κ3) is 3.17. The minimum atomic E-state index is -0.985. The zero-order chi connectivity index (χ0) is 13.2. The zero-order valence-electron chi connectivity index (χ0n) is 10.00. The van der Waals surface area contributed by atoms with Crippen LogP contribution in [-0.2, 0) is 11.3 Å². The van der Waals surface area contributed by atoms with Crippen molar-refractivity contribution in [1.29, 1.82) is 0 Å². The van der Waals surface area contributed by atoms with Crippen molar-refractivity contribution in [2.45, 2.75) is 25.9 Å². The first kappa shape index (κ1) is 13.9. The Morgan fingerprint density at radius 3 is 2.59 bits per heavy atom. The van der Waals surface area contributed by atoms with E-state index in [1.807, 2.05) is 0 Å². The van der Waals surface area contributed by atoms with Crippen molar-refractivity contribution in [3.05, 3.63) is 34.6 Å². The van der Waals surface area contributed by atoms with Crippen LogP contribution in [0.25, 0.3) is 0 Å². The second-order valence-corrected chi connectivity index (χ2v) is 4.88. The fraction of sp³-hybridized carbons (Fsp3) is 0.417. The van der Waals surface area contributed by atoms with Crippen LogP contribution in [0.1, 0.15) is 19.4 Å². The van der Waals surface area contributed by atoms with Crippen LogP contribution in [0.4, 0.5) is 4.39 Å². The van der Waals surface area contributed by atoms with Crippen LogP contribution in [0.2, 0.25) is 5.02 Å². The second-order valence-electron chi connectivity index (χ2n) is 4.47. The van der Waals surface area contributed by atoms with Gasteiger partial charge < -0.3 is 5.11 Å². The Labute approximate surface area is 105 Å². The third-order valence-corrected chi connectivity index (χ3v) is 3.17. The summed E-state index contributed by atoms with van der Waals surface area (Å²) < 4.78 is 13.0. The number of carboxylic acids is 1. The van der Waals surface area contributed by atoms with Gasteiger partial charge in [-0.15, -0.1) is 0 Å². The molecule has 0 fully saturated rings. The SMILES string of the molecule is CN(Cc1ccc(F)c(Cl)c1)C(C)(C)C(=O)O. The van der Waals surface area contributed by atoms with Crippen LogP contribution in [0.15, 0.2) is 18.2 Å². The van der Waals surface area contributed by atoms with E-state index in [2.05, 4.69) is 0 Å². The van der Waals surface area contributed by atoms with Gasteiger partial charge in [0.05, 0.1) is 5.02 Å². The molecule has 17 heavy (non-hydrogen) atoms. The topological polar surface area (TPSA) is 40.5 Å². The molecule has 0 bridgehead atoms. The molecule has 1 aromatic carbocycles. The molecule has 0 saturated heterocycles. The van der Waals surface area contributed by atoms with Gasteiger partial charge in [0.1, 0.15) is 11.4 Å². The molecule has 1 N–H and O–H groups in total. The summed E-state index contributed by atoms with van der Waals surface area (Å²) in [6.07, 6.45) is 0. The number of carboxylic acid groups (broad SMARTS) is 1. The van der Waals surface area contributed by atoms with Gasteiger partial charge in [0.15, 0.2) is 0 Å². The fourth-order valence-electron chi connectivity index (χ4n) is 1.27. The summed E-state index contributed by atoms with van der Waals surface area (Å²) in [7, 11) is 1.70. The molecule has 0 aliphatic heterocycles. The maximum absolute atomic E-state index is 13.0. The van der Waals surface area contributed by atoms with Gasteiger partial charge in [0.2, 0.25) is 0 Å². The van der Waals surface area contributed by atoms with Crippen LogP contribution in [0.5, 0.6) is 0 Å². The highest BCUT2D eigenvalue weighted by molar-refractivity contribution is 6.30. The number of hydrogen-bond donors (Lipinski definition) is 1. The van der Waals surface area contributed by atoms with E-state index in [0.29, 0.717) is 6.54 Å². The maximum atomic E-state index is 13.0. The molecule has 0 atom stereocenters. The van der Waals surface area contributed by atoms with Gasteiger partial charge in [-0.05, 0) is 38.6 Å². The van der Waals surface area contributed by atoms with Gasteiger partial charge in [-0.25, -0.2) is 4.39 Å². The standard InChI is InChI=1S/C12H15ClFNO2/c1-12(2,11(16)17)15(3)7-8-4-5-10(14)9(13)6-8/h4-6H,7H2,1-3H3,(H,16,17). The molecule has 5 heteroatoms. The van der Waals surface area contributed by atoms with Crippen molar-refractivity contribution < 1.29 is 14.3 Å². The van der Waals surface area contributed by atoms with E-state index in [0.717, 1.165) is 5.56 Å². The Hall–Kier alpha value is -1.13. The minimum Gasteiger partial charge on any atom is -0.480 e. The molecule has 0 heterocycles. The zero-order valence-corrected chi connectivity index (χ0v) is 10.8. The summed E-state index contributed by atoms with van der Waals surface area (Å²) in [5.74, 6) is -1.39. The lowest BCUT2D eigenvalue weighted by molar-refractivity contribution is -0.148. The molecule has 0 unspecified atom stereocenters. The normalized spacial score (nSPS) is 11.9. The first-order valence-electron chi connectivity index (χ1n) is 5.13. The van der Waals surface area contributed by atoms with E-state index in [1.54, 1.807) is 31.9 Å². The summed E-state index contributed by atoms with van der Waals surface area (Å²) >= 11 is 5.66. The molecule has 1 rings (SSSR count). The first-order chi connectivity index (χ1) is 7.75. The molecule has 0 aliphatic carbocycles. The molecule has 0 spiro atoms. The quantitative estimate of drug-likeness (QED) is 0.904. The molecule has 0 aromatic heterocycles. The highest BCUT2D eigenvalue weighted by Gasteiger charge is 2.31. The molecular weight excluding hydrogens is 245 g/mol. The monoisotopic (exact) mass is 259 g/mol. The van der Waals surface area contributed by atoms with E-state index in [-0.39, 0.29) is 5.02 Å². The number of hydrogen-bond acceptors (Lipinski definition) is 2. The van der Waals surface area contributed by atoms with Crippen LogP contribution in [0.3, 0.4) is 0 Å². The lowest BCUT2D eigenvalue weighted by Crippen LogP contribution is -2.47. The van der Waals surface area contributed by atoms with Gasteiger partial charge in [0.25, 0.3) is 0 Å². The lowest BCUT2D eigenvalue weighted by atomic mass is 10.0. The van der Waals surface area contributed by atoms with Crippen molar-refractivity contribution >= 4 is 17.6 Å². The Kier molecular flexibility index (Phi) is 4.11. The summed E-state index contributed by atoms with van der Waals surface area (Å²) in [6, 6.07) is 4.38. The highest BCUT2D eigenvalue weighted by Crippen LogP contribution is 2.20. The van der Waals surface area contributed by atoms with E-state index < -0.39 is 17.3 Å². The average Bonchev–Trinajstić information content (AvgIpc) is 2.23. The lowest BCUT2D eigenvalue weighted by Gasteiger charge is -2.31. The van der Waals surface area contributed by atoms with Crippen LogP contribution < -0.4 is 0 Å². The Morgan fingerprint density at radius 2 is 2.12 bits per heavy atom. The Balaban J connectivity index is 2.84. The van der Waals surface area contributed by atoms with Crippen molar-refractivity contribution in [2.75, 3.05) is 7.05 Å². The van der Waals surface area contributed by atoms with Crippen molar-refractivity contribution in [1.82, 2.24) is 4.90 Å². The molecule has 0 amide bonds. The van der Waals surface area contributed by atoms with E-state index in [1.165, 1.54) is 12.1 Å². The molecule has 0 saturated carbocycles. The number of aliphatic carboxylic acids is 1. The van der Waals surface area contributed by atoms with E-state index in [9.17, 15) is 9.18 Å². The first-order valence-corrected chi connectivity index (χ1v) is 5.51. The van der Waals surface area contributed by atoms with E-state index in [4.69, 9.17) is 16.7 Å². The number of halogens is 2. The van der Waals surface area contributed by atoms with Gasteiger partial charge >= 0.3 is 5.97 Å². The molecule has 0 aliphatic rings. The van der Waals surface area contributed by atoms with Crippen LogP contribution in [-0.4, -0.2) is 28.6 Å². The van der Waals surface area contributed by atoms with Crippen LogP contribution >= 0.6 is 11.6 Å². The maximum Gasteiger partial charge on any atom is 0.323 e. The van der Waals surface area contributed by atoms with Crippen molar-refractivity contribution in [3.63, 3.8) is 0 Å². The largest absolute Gasteiger partial charge is 0.480 e. The van der Waals surface area contributed by atoms with Crippen LogP contribution in [0, 0.1) is 5.82 Å². The van der Waals surface area contributed by atoms with Crippen molar-refractivity contribution in [3.8, 4) is 0 Å². The second kappa shape index (κ2) is 5.02. The van der Waals surface area contributed by atoms with Gasteiger partial charge in [0, 0.05) is 6.54 Å². The third-order valence-electron chi connectivity index (χ3n) is 2.88. The molecule has 1 aromatic rings. The van der Waals surface area contributed by atoms with Gasteiger partial charge in [-0.1, -0.05) is 17.7 Å². The molecular formula is C12H15ClFNO2. The fourth-order valence-corrected chi connectivity index (χ4v) is 1.48. The van der Waals surface area contributed by atoms with E-state index >= 15 is 0 Å². The van der Waals surface area contributed by atoms with Gasteiger partial charge in [-0.2, -0.15) is 0 Å². The molecule has 94 valence electrons. The highest BCUT2D eigenvalue weighted by atomic mass is 35.5. The molecule has 0 radical (unpaired) electrons. The number of likely N-dealkylation sites (N-methyl/N-ethyl adjacent to an activating group) is 1. The number of rotatable bonds is 4. The summed E-state index contributed by atoms with van der Waals surface area (Å²) in [6.45, 7) is 3.61. The summed E-state index contributed by atoms with van der Waals surface area (Å²) in [5.41, 5.74) is -0.214.